The molecule has 30 heavy (non-hydrogen) atoms. The van der Waals surface area contributed by atoms with Gasteiger partial charge in [0.15, 0.2) is 11.6 Å². The van der Waals surface area contributed by atoms with Crippen LogP contribution in [0.15, 0.2) is 46.2 Å². The Morgan fingerprint density at radius 3 is 1.47 bits per heavy atom. The first kappa shape index (κ1) is 20.7. The lowest BCUT2D eigenvalue weighted by Crippen LogP contribution is -2.22. The Kier molecular flexibility index (Phi) is 5.75. The molecule has 0 radical (unpaired) electrons. The van der Waals surface area contributed by atoms with Crippen LogP contribution in [0.25, 0.3) is 10.8 Å². The van der Waals surface area contributed by atoms with Crippen LogP contribution in [-0.2, 0) is 0 Å². The predicted octanol–water partition coefficient (Wildman–Crippen LogP) is 3.20. The number of aliphatic hydroxyl groups is 2. The van der Waals surface area contributed by atoms with Crippen LogP contribution in [0.2, 0.25) is 0 Å². The number of fused-ring (bicyclic) bond motifs is 3. The van der Waals surface area contributed by atoms with E-state index in [0.717, 1.165) is 0 Å². The molecule has 0 saturated heterocycles. The van der Waals surface area contributed by atoms with Crippen LogP contribution in [0.1, 0.15) is 31.8 Å². The van der Waals surface area contributed by atoms with E-state index in [2.05, 4.69) is 0 Å². The number of rotatable bonds is 6. The zero-order chi connectivity index (χ0) is 21.4. The molecule has 0 atom stereocenters. The van der Waals surface area contributed by atoms with Crippen molar-refractivity contribution in [2.45, 2.75) is 9.79 Å². The van der Waals surface area contributed by atoms with Crippen molar-refractivity contribution in [1.29, 1.82) is 0 Å². The molecule has 0 aliphatic heterocycles. The molecule has 154 valence electrons. The Balaban J connectivity index is 1.95. The first-order valence-electron chi connectivity index (χ1n) is 9.21. The minimum absolute atomic E-state index is 0.0534. The van der Waals surface area contributed by atoms with Gasteiger partial charge in [-0.2, -0.15) is 0 Å². The monoisotopic (exact) mass is 442 g/mol. The maximum Gasteiger partial charge on any atom is 0.198 e. The van der Waals surface area contributed by atoms with Gasteiger partial charge in [-0.25, -0.2) is 0 Å². The number of benzene rings is 3. The van der Waals surface area contributed by atoms with Crippen LogP contribution in [0.5, 0.6) is 11.5 Å². The van der Waals surface area contributed by atoms with Gasteiger partial charge in [0.05, 0.1) is 24.3 Å². The lowest BCUT2D eigenvalue weighted by Gasteiger charge is -2.23. The lowest BCUT2D eigenvalue weighted by atomic mass is 9.81. The van der Waals surface area contributed by atoms with E-state index in [1.165, 1.54) is 23.5 Å². The fraction of sp³-hybridized carbons (Fsp3) is 0.182. The van der Waals surface area contributed by atoms with E-state index in [9.17, 15) is 30.0 Å². The number of hydrogen-bond acceptors (Lipinski definition) is 8. The molecule has 6 nitrogen and oxygen atoms in total. The van der Waals surface area contributed by atoms with Gasteiger partial charge >= 0.3 is 0 Å². The Morgan fingerprint density at radius 2 is 1.10 bits per heavy atom. The second-order valence-corrected chi connectivity index (χ2v) is 8.91. The highest BCUT2D eigenvalue weighted by molar-refractivity contribution is 8.02. The molecule has 0 bridgehead atoms. The summed E-state index contributed by atoms with van der Waals surface area (Å²) in [6.45, 7) is -0.107. The number of ketones is 2. The average molecular weight is 443 g/mol. The molecule has 0 amide bonds. The Bertz CT molecular complexity index is 1100. The summed E-state index contributed by atoms with van der Waals surface area (Å²) in [5.74, 6) is -0.927. The maximum atomic E-state index is 13.3. The topological polar surface area (TPSA) is 115 Å². The Labute approximate surface area is 180 Å². The van der Waals surface area contributed by atoms with Gasteiger partial charge in [0.25, 0.3) is 0 Å². The third-order valence-electron chi connectivity index (χ3n) is 4.89. The van der Waals surface area contributed by atoms with Crippen LogP contribution in [0, 0.1) is 0 Å². The van der Waals surface area contributed by atoms with Crippen molar-refractivity contribution >= 4 is 45.9 Å². The SMILES string of the molecule is O=C1c2cc(SCCO)c(SCCO)cc2C(=O)c2c1c(O)c1ccccc1c2O. The Morgan fingerprint density at radius 1 is 0.700 bits per heavy atom. The van der Waals surface area contributed by atoms with Gasteiger partial charge in [0, 0.05) is 43.2 Å². The molecule has 1 aliphatic rings. The summed E-state index contributed by atoms with van der Waals surface area (Å²) in [4.78, 5) is 28.0. The van der Waals surface area contributed by atoms with Gasteiger partial charge in [-0.1, -0.05) is 24.3 Å². The highest BCUT2D eigenvalue weighted by Gasteiger charge is 2.37. The van der Waals surface area contributed by atoms with Gasteiger partial charge < -0.3 is 20.4 Å². The number of phenolic OH excluding ortho intramolecular Hbond substituents is 2. The molecule has 0 heterocycles. The standard InChI is InChI=1S/C22H18O6S2/c23-5-7-29-15-9-13-14(10-16(15)30-8-6-24)22(28)18-17(21(13)27)19(25)11-3-1-2-4-12(11)20(18)26/h1-4,9-10,23-26H,5-8H2. The first-order chi connectivity index (χ1) is 14.5. The average Bonchev–Trinajstić information content (AvgIpc) is 2.76. The van der Waals surface area contributed by atoms with E-state index in [1.807, 2.05) is 0 Å². The summed E-state index contributed by atoms with van der Waals surface area (Å²) in [7, 11) is 0. The van der Waals surface area contributed by atoms with Gasteiger partial charge in [-0.15, -0.1) is 23.5 Å². The number of thioether (sulfide) groups is 2. The number of carbonyl (C=O) groups is 2. The molecule has 3 aromatic rings. The van der Waals surface area contributed by atoms with E-state index in [4.69, 9.17) is 0 Å². The largest absolute Gasteiger partial charge is 0.506 e. The number of phenols is 2. The minimum atomic E-state index is -0.539. The smallest absolute Gasteiger partial charge is 0.198 e. The highest BCUT2D eigenvalue weighted by Crippen LogP contribution is 2.45. The van der Waals surface area contributed by atoms with Crippen molar-refractivity contribution in [1.82, 2.24) is 0 Å². The van der Waals surface area contributed by atoms with Crippen molar-refractivity contribution < 1.29 is 30.0 Å². The van der Waals surface area contributed by atoms with Crippen LogP contribution < -0.4 is 0 Å². The predicted molar refractivity (Wildman–Crippen MR) is 116 cm³/mol. The number of hydrogen-bond donors (Lipinski definition) is 4. The number of aromatic hydroxyl groups is 2. The van der Waals surface area contributed by atoms with Crippen molar-refractivity contribution in [2.75, 3.05) is 24.7 Å². The highest BCUT2D eigenvalue weighted by atomic mass is 32.2. The summed E-state index contributed by atoms with van der Waals surface area (Å²) in [5, 5.41) is 40.5. The van der Waals surface area contributed by atoms with E-state index < -0.39 is 11.6 Å². The van der Waals surface area contributed by atoms with Crippen LogP contribution in [0.3, 0.4) is 0 Å². The Hall–Kier alpha value is -2.52. The normalized spacial score (nSPS) is 12.9. The fourth-order valence-corrected chi connectivity index (χ4v) is 5.37. The van der Waals surface area contributed by atoms with Gasteiger partial charge in [0.2, 0.25) is 0 Å². The van der Waals surface area contributed by atoms with Crippen LogP contribution in [0.4, 0.5) is 0 Å². The summed E-state index contributed by atoms with van der Waals surface area (Å²) < 4.78 is 0. The molecule has 0 saturated carbocycles. The summed E-state index contributed by atoms with van der Waals surface area (Å²) in [5.41, 5.74) is -0.104. The number of aliphatic hydroxyl groups excluding tert-OH is 2. The third-order valence-corrected chi connectivity index (χ3v) is 7.09. The third kappa shape index (κ3) is 3.26. The summed E-state index contributed by atoms with van der Waals surface area (Å²) in [6, 6.07) is 9.68. The minimum Gasteiger partial charge on any atom is -0.506 e. The summed E-state index contributed by atoms with van der Waals surface area (Å²) >= 11 is 2.67. The fourth-order valence-electron chi connectivity index (χ4n) is 3.59. The van der Waals surface area contributed by atoms with Crippen molar-refractivity contribution in [3.63, 3.8) is 0 Å². The van der Waals surface area contributed by atoms with Gasteiger partial charge in [-0.05, 0) is 12.1 Å². The van der Waals surface area contributed by atoms with Crippen molar-refractivity contribution in [2.24, 2.45) is 0 Å². The molecular formula is C22H18O6S2. The lowest BCUT2D eigenvalue weighted by molar-refractivity contribution is 0.0974. The second kappa shape index (κ2) is 8.31. The van der Waals surface area contributed by atoms with E-state index >= 15 is 0 Å². The zero-order valence-electron chi connectivity index (χ0n) is 15.7. The molecule has 1 aliphatic carbocycles. The van der Waals surface area contributed by atoms with Gasteiger partial charge in [0.1, 0.15) is 11.5 Å². The van der Waals surface area contributed by atoms with Gasteiger partial charge in [-0.3, -0.25) is 9.59 Å². The van der Waals surface area contributed by atoms with E-state index in [0.29, 0.717) is 32.1 Å². The molecule has 4 N–H and O–H groups in total. The second-order valence-electron chi connectivity index (χ2n) is 6.64. The van der Waals surface area contributed by atoms with Crippen molar-refractivity contribution in [3.05, 3.63) is 58.7 Å². The molecule has 3 aromatic carbocycles. The quantitative estimate of drug-likeness (QED) is 0.266. The summed E-state index contributed by atoms with van der Waals surface area (Å²) in [6.07, 6.45) is 0. The van der Waals surface area contributed by atoms with E-state index in [1.54, 1.807) is 36.4 Å². The maximum absolute atomic E-state index is 13.3. The molecule has 8 heteroatoms. The molecule has 0 unspecified atom stereocenters. The zero-order valence-corrected chi connectivity index (χ0v) is 17.3. The molecule has 4 rings (SSSR count). The molecule has 0 aromatic heterocycles. The molecule has 0 spiro atoms. The van der Waals surface area contributed by atoms with Crippen LogP contribution >= 0.6 is 23.5 Å². The number of carbonyl (C=O) groups excluding carboxylic acids is 2. The van der Waals surface area contributed by atoms with Crippen molar-refractivity contribution in [3.8, 4) is 11.5 Å². The van der Waals surface area contributed by atoms with E-state index in [-0.39, 0.29) is 47.0 Å². The first-order valence-corrected chi connectivity index (χ1v) is 11.2. The molecule has 0 fully saturated rings. The van der Waals surface area contributed by atoms with Crippen LogP contribution in [-0.4, -0.2) is 56.7 Å². The molecular weight excluding hydrogens is 424 g/mol.